The van der Waals surface area contributed by atoms with Gasteiger partial charge in [0.2, 0.25) is 0 Å². The highest BCUT2D eigenvalue weighted by Crippen LogP contribution is 2.80. The van der Waals surface area contributed by atoms with Crippen LogP contribution in [0.2, 0.25) is 0 Å². The molecule has 0 aromatic rings. The summed E-state index contributed by atoms with van der Waals surface area (Å²) in [4.78, 5) is 11.2. The van der Waals surface area contributed by atoms with Gasteiger partial charge >= 0.3 is 5.97 Å². The fourth-order valence-electron chi connectivity index (χ4n) is 3.93. The molecule has 3 saturated carbocycles. The molecule has 4 aliphatic rings. The van der Waals surface area contributed by atoms with E-state index in [-0.39, 0.29) is 5.97 Å². The maximum absolute atomic E-state index is 11.2. The highest BCUT2D eigenvalue weighted by Gasteiger charge is 2.79. The van der Waals surface area contributed by atoms with Gasteiger partial charge < -0.3 is 4.74 Å². The fourth-order valence-corrected chi connectivity index (χ4v) is 3.93. The van der Waals surface area contributed by atoms with Crippen LogP contribution in [-0.2, 0) is 9.53 Å². The third-order valence-corrected chi connectivity index (χ3v) is 4.47. The summed E-state index contributed by atoms with van der Waals surface area (Å²) in [5.74, 6) is 2.03. The van der Waals surface area contributed by atoms with Crippen LogP contribution in [0.4, 0.5) is 0 Å². The summed E-state index contributed by atoms with van der Waals surface area (Å²) in [6.07, 6.45) is 4.10. The lowest BCUT2D eigenvalue weighted by Gasteiger charge is -2.38. The highest BCUT2D eigenvalue weighted by atomic mass is 16.6. The number of hydrogen-bond donors (Lipinski definition) is 0. The number of ether oxygens (including phenoxy) is 1. The van der Waals surface area contributed by atoms with E-state index in [0.29, 0.717) is 23.4 Å². The van der Waals surface area contributed by atoms with Gasteiger partial charge in [0, 0.05) is 5.92 Å². The normalized spacial score (nSPS) is 68.2. The standard InChI is InChI=1S/C9H10O2/c10-8-5-1-4-2-9(4)3-6(11-8)7(5)9/h4-7H,1-3H2/t4?,5?,6?,7?,9-/m1/s1. The average Bonchev–Trinajstić information content (AvgIpc) is 2.47. The molecule has 3 aliphatic carbocycles. The molecule has 0 bridgehead atoms. The van der Waals surface area contributed by atoms with Crippen LogP contribution in [0.5, 0.6) is 0 Å². The first-order valence-corrected chi connectivity index (χ1v) is 4.52. The van der Waals surface area contributed by atoms with Gasteiger partial charge in [0.05, 0.1) is 5.92 Å². The number of rotatable bonds is 0. The first kappa shape index (κ1) is 5.18. The van der Waals surface area contributed by atoms with Crippen LogP contribution in [0.1, 0.15) is 19.3 Å². The molecule has 4 rings (SSSR count). The number of esters is 1. The Kier molecular flexibility index (Phi) is 0.534. The monoisotopic (exact) mass is 150 g/mol. The molecular formula is C9H10O2. The van der Waals surface area contributed by atoms with Crippen molar-refractivity contribution in [2.45, 2.75) is 25.4 Å². The molecule has 0 amide bonds. The summed E-state index contributed by atoms with van der Waals surface area (Å²) in [6, 6.07) is 0. The van der Waals surface area contributed by atoms with Gasteiger partial charge in [0.25, 0.3) is 0 Å². The first-order valence-electron chi connectivity index (χ1n) is 4.52. The van der Waals surface area contributed by atoms with Crippen molar-refractivity contribution in [2.75, 3.05) is 0 Å². The van der Waals surface area contributed by atoms with Crippen molar-refractivity contribution in [1.82, 2.24) is 0 Å². The van der Waals surface area contributed by atoms with Crippen molar-refractivity contribution in [3.63, 3.8) is 0 Å². The van der Waals surface area contributed by atoms with Crippen LogP contribution in [0.15, 0.2) is 0 Å². The molecule has 4 fully saturated rings. The molecule has 1 heterocycles. The second-order valence-corrected chi connectivity index (χ2v) is 4.68. The molecule has 58 valence electrons. The van der Waals surface area contributed by atoms with Crippen LogP contribution >= 0.6 is 0 Å². The van der Waals surface area contributed by atoms with E-state index in [1.54, 1.807) is 0 Å². The Hall–Kier alpha value is -0.530. The summed E-state index contributed by atoms with van der Waals surface area (Å²) in [5, 5.41) is 0. The quantitative estimate of drug-likeness (QED) is 0.481. The Bertz CT molecular complexity index is 273. The molecule has 2 heteroatoms. The van der Waals surface area contributed by atoms with Gasteiger partial charge in [-0.05, 0) is 30.6 Å². The zero-order valence-corrected chi connectivity index (χ0v) is 6.25. The van der Waals surface area contributed by atoms with Crippen molar-refractivity contribution < 1.29 is 9.53 Å². The van der Waals surface area contributed by atoms with Crippen LogP contribution in [-0.4, -0.2) is 12.1 Å². The largest absolute Gasteiger partial charge is 0.462 e. The van der Waals surface area contributed by atoms with Gasteiger partial charge in [-0.1, -0.05) is 0 Å². The molecule has 1 aliphatic heterocycles. The molecule has 0 radical (unpaired) electrons. The molecule has 4 unspecified atom stereocenters. The van der Waals surface area contributed by atoms with Crippen molar-refractivity contribution >= 4 is 5.97 Å². The smallest absolute Gasteiger partial charge is 0.309 e. The molecule has 1 saturated heterocycles. The Morgan fingerprint density at radius 2 is 2.36 bits per heavy atom. The summed E-state index contributed by atoms with van der Waals surface area (Å²) in [6.45, 7) is 0. The number of carbonyl (C=O) groups is 1. The second kappa shape index (κ2) is 1.13. The van der Waals surface area contributed by atoms with E-state index in [4.69, 9.17) is 4.74 Å². The first-order chi connectivity index (χ1) is 5.31. The van der Waals surface area contributed by atoms with Crippen molar-refractivity contribution in [1.29, 1.82) is 0 Å². The van der Waals surface area contributed by atoms with Gasteiger partial charge in [-0.3, -0.25) is 4.79 Å². The molecule has 11 heavy (non-hydrogen) atoms. The second-order valence-electron chi connectivity index (χ2n) is 4.68. The zero-order chi connectivity index (χ0) is 7.22. The van der Waals surface area contributed by atoms with E-state index in [2.05, 4.69) is 0 Å². The summed E-state index contributed by atoms with van der Waals surface area (Å²) >= 11 is 0. The predicted molar refractivity (Wildman–Crippen MR) is 36.6 cm³/mol. The van der Waals surface area contributed by atoms with Crippen LogP contribution in [0.25, 0.3) is 0 Å². The highest BCUT2D eigenvalue weighted by molar-refractivity contribution is 5.77. The minimum absolute atomic E-state index is 0.115. The Balaban J connectivity index is 1.87. The van der Waals surface area contributed by atoms with Crippen LogP contribution in [0.3, 0.4) is 0 Å². The lowest BCUT2D eigenvalue weighted by atomic mass is 9.67. The maximum atomic E-state index is 11.2. The van der Waals surface area contributed by atoms with E-state index in [9.17, 15) is 4.79 Å². The van der Waals surface area contributed by atoms with E-state index < -0.39 is 0 Å². The molecule has 0 N–H and O–H groups in total. The van der Waals surface area contributed by atoms with E-state index in [1.807, 2.05) is 0 Å². The van der Waals surface area contributed by atoms with Crippen LogP contribution in [0, 0.1) is 23.2 Å². The summed E-state index contributed by atoms with van der Waals surface area (Å²) < 4.78 is 5.25. The van der Waals surface area contributed by atoms with Crippen molar-refractivity contribution in [3.8, 4) is 0 Å². The summed E-state index contributed by atoms with van der Waals surface area (Å²) in [7, 11) is 0. The Labute approximate surface area is 64.9 Å². The lowest BCUT2D eigenvalue weighted by molar-refractivity contribution is -0.147. The molecule has 0 aromatic heterocycles. The van der Waals surface area contributed by atoms with E-state index in [0.717, 1.165) is 12.3 Å². The van der Waals surface area contributed by atoms with Crippen LogP contribution < -0.4 is 0 Å². The minimum Gasteiger partial charge on any atom is -0.462 e. The minimum atomic E-state index is 0.115. The topological polar surface area (TPSA) is 26.3 Å². The molecule has 2 nitrogen and oxygen atoms in total. The molecule has 0 aromatic carbocycles. The van der Waals surface area contributed by atoms with Crippen molar-refractivity contribution in [3.05, 3.63) is 0 Å². The average molecular weight is 150 g/mol. The van der Waals surface area contributed by atoms with Gasteiger partial charge in [-0.25, -0.2) is 0 Å². The third kappa shape index (κ3) is 0.339. The molecular weight excluding hydrogens is 140 g/mol. The van der Waals surface area contributed by atoms with E-state index in [1.165, 1.54) is 12.8 Å². The predicted octanol–water partition coefficient (Wildman–Crippen LogP) is 0.958. The fraction of sp³-hybridized carbons (Fsp3) is 0.889. The van der Waals surface area contributed by atoms with Gasteiger partial charge in [0.15, 0.2) is 0 Å². The molecule has 5 atom stereocenters. The maximum Gasteiger partial charge on any atom is 0.309 e. The van der Waals surface area contributed by atoms with E-state index >= 15 is 0 Å². The van der Waals surface area contributed by atoms with Gasteiger partial charge in [-0.2, -0.15) is 0 Å². The van der Waals surface area contributed by atoms with Crippen molar-refractivity contribution in [2.24, 2.45) is 23.2 Å². The zero-order valence-electron chi connectivity index (χ0n) is 6.25. The SMILES string of the molecule is O=C1OC2C[C@]34CC3CC1C24. The number of hydrogen-bond acceptors (Lipinski definition) is 2. The Morgan fingerprint density at radius 1 is 1.45 bits per heavy atom. The number of carbonyl (C=O) groups excluding carboxylic acids is 1. The van der Waals surface area contributed by atoms with Gasteiger partial charge in [-0.15, -0.1) is 0 Å². The van der Waals surface area contributed by atoms with Gasteiger partial charge in [0.1, 0.15) is 6.10 Å². The lowest BCUT2D eigenvalue weighted by Crippen LogP contribution is -2.40. The summed E-state index contributed by atoms with van der Waals surface area (Å²) in [5.41, 5.74) is 0.640. The third-order valence-electron chi connectivity index (χ3n) is 4.47. The Morgan fingerprint density at radius 3 is 3.18 bits per heavy atom. The molecule has 1 spiro atoms.